The zero-order chi connectivity index (χ0) is 10.2. The van der Waals surface area contributed by atoms with Crippen LogP contribution in [-0.2, 0) is 5.54 Å². The molecular weight excluding hydrogens is 170 g/mol. The highest BCUT2D eigenvalue weighted by molar-refractivity contribution is 5.36. The molecule has 0 aromatic heterocycles. The van der Waals surface area contributed by atoms with Gasteiger partial charge in [0, 0.05) is 5.54 Å². The summed E-state index contributed by atoms with van der Waals surface area (Å²) < 4.78 is 0. The summed E-state index contributed by atoms with van der Waals surface area (Å²) in [5, 5.41) is 0. The van der Waals surface area contributed by atoms with Crippen LogP contribution >= 0.6 is 0 Å². The van der Waals surface area contributed by atoms with E-state index >= 15 is 0 Å². The number of hydrogen-bond donors (Lipinski definition) is 1. The van der Waals surface area contributed by atoms with Crippen molar-refractivity contribution in [2.45, 2.75) is 45.1 Å². The second-order valence-corrected chi connectivity index (χ2v) is 4.68. The van der Waals surface area contributed by atoms with Gasteiger partial charge in [0.2, 0.25) is 0 Å². The van der Waals surface area contributed by atoms with Gasteiger partial charge in [-0.3, -0.25) is 0 Å². The molecule has 14 heavy (non-hydrogen) atoms. The Kier molecular flexibility index (Phi) is 2.36. The number of aryl methyl sites for hydroxylation is 2. The monoisotopic (exact) mass is 189 g/mol. The number of nitrogens with two attached hydrogens (primary N) is 1. The van der Waals surface area contributed by atoms with Gasteiger partial charge in [-0.05, 0) is 37.8 Å². The van der Waals surface area contributed by atoms with Gasteiger partial charge < -0.3 is 5.73 Å². The Balaban J connectivity index is 2.40. The third-order valence-electron chi connectivity index (χ3n) is 3.41. The molecule has 0 atom stereocenters. The lowest BCUT2D eigenvalue weighted by Crippen LogP contribution is -2.33. The SMILES string of the molecule is Cc1ccc(C2(N)CCCC2)c(C)c1. The molecule has 1 nitrogen and oxygen atoms in total. The van der Waals surface area contributed by atoms with Gasteiger partial charge in [-0.2, -0.15) is 0 Å². The molecule has 1 aromatic rings. The highest BCUT2D eigenvalue weighted by Gasteiger charge is 2.32. The highest BCUT2D eigenvalue weighted by Crippen LogP contribution is 2.37. The first-order valence-corrected chi connectivity index (χ1v) is 5.48. The van der Waals surface area contributed by atoms with Crippen LogP contribution in [0, 0.1) is 13.8 Å². The summed E-state index contributed by atoms with van der Waals surface area (Å²) in [6.45, 7) is 4.31. The van der Waals surface area contributed by atoms with E-state index in [0.717, 1.165) is 12.8 Å². The van der Waals surface area contributed by atoms with E-state index in [1.165, 1.54) is 29.5 Å². The van der Waals surface area contributed by atoms with Crippen LogP contribution in [0.4, 0.5) is 0 Å². The molecule has 2 rings (SSSR count). The zero-order valence-corrected chi connectivity index (χ0v) is 9.14. The molecule has 0 radical (unpaired) electrons. The number of rotatable bonds is 1. The fraction of sp³-hybridized carbons (Fsp3) is 0.538. The van der Waals surface area contributed by atoms with Crippen LogP contribution in [0.1, 0.15) is 42.4 Å². The summed E-state index contributed by atoms with van der Waals surface area (Å²) >= 11 is 0. The van der Waals surface area contributed by atoms with Gasteiger partial charge in [0.05, 0.1) is 0 Å². The van der Waals surface area contributed by atoms with Crippen molar-refractivity contribution in [1.82, 2.24) is 0 Å². The van der Waals surface area contributed by atoms with Gasteiger partial charge in [0.25, 0.3) is 0 Å². The molecule has 0 aliphatic heterocycles. The van der Waals surface area contributed by atoms with Crippen molar-refractivity contribution in [2.24, 2.45) is 5.73 Å². The van der Waals surface area contributed by atoms with E-state index in [9.17, 15) is 0 Å². The average molecular weight is 189 g/mol. The number of benzene rings is 1. The van der Waals surface area contributed by atoms with E-state index in [1.54, 1.807) is 0 Å². The lowest BCUT2D eigenvalue weighted by atomic mass is 9.86. The van der Waals surface area contributed by atoms with E-state index in [-0.39, 0.29) is 5.54 Å². The van der Waals surface area contributed by atoms with E-state index in [1.807, 2.05) is 0 Å². The van der Waals surface area contributed by atoms with E-state index in [4.69, 9.17) is 5.73 Å². The van der Waals surface area contributed by atoms with Gasteiger partial charge >= 0.3 is 0 Å². The predicted octanol–water partition coefficient (Wildman–Crippen LogP) is 3.03. The summed E-state index contributed by atoms with van der Waals surface area (Å²) in [6, 6.07) is 6.63. The lowest BCUT2D eigenvalue weighted by molar-refractivity contribution is 0.459. The van der Waals surface area contributed by atoms with Crippen molar-refractivity contribution in [3.63, 3.8) is 0 Å². The topological polar surface area (TPSA) is 26.0 Å². The first kappa shape index (κ1) is 9.72. The molecule has 76 valence electrons. The molecular formula is C13H19N. The summed E-state index contributed by atoms with van der Waals surface area (Å²) in [5.41, 5.74) is 10.4. The Morgan fingerprint density at radius 3 is 2.36 bits per heavy atom. The Labute approximate surface area is 86.3 Å². The average Bonchev–Trinajstić information content (AvgIpc) is 2.52. The van der Waals surface area contributed by atoms with Crippen LogP contribution in [0.3, 0.4) is 0 Å². The van der Waals surface area contributed by atoms with Crippen molar-refractivity contribution in [2.75, 3.05) is 0 Å². The quantitative estimate of drug-likeness (QED) is 0.722. The summed E-state index contributed by atoms with van der Waals surface area (Å²) in [4.78, 5) is 0. The van der Waals surface area contributed by atoms with Crippen LogP contribution in [-0.4, -0.2) is 0 Å². The van der Waals surface area contributed by atoms with Gasteiger partial charge in [-0.25, -0.2) is 0 Å². The first-order valence-electron chi connectivity index (χ1n) is 5.48. The fourth-order valence-corrected chi connectivity index (χ4v) is 2.65. The molecule has 1 aromatic carbocycles. The molecule has 0 saturated heterocycles. The minimum Gasteiger partial charge on any atom is -0.321 e. The van der Waals surface area contributed by atoms with Crippen LogP contribution in [0.15, 0.2) is 18.2 Å². The van der Waals surface area contributed by atoms with Crippen molar-refractivity contribution < 1.29 is 0 Å². The van der Waals surface area contributed by atoms with Gasteiger partial charge in [0.1, 0.15) is 0 Å². The van der Waals surface area contributed by atoms with Crippen LogP contribution in [0.25, 0.3) is 0 Å². The molecule has 0 heterocycles. The van der Waals surface area contributed by atoms with Crippen LogP contribution in [0.5, 0.6) is 0 Å². The summed E-state index contributed by atoms with van der Waals surface area (Å²) in [6.07, 6.45) is 4.86. The molecule has 0 unspecified atom stereocenters. The van der Waals surface area contributed by atoms with E-state index in [0.29, 0.717) is 0 Å². The molecule has 2 N–H and O–H groups in total. The standard InChI is InChI=1S/C13H19N/c1-10-5-6-12(11(2)9-10)13(14)7-3-4-8-13/h5-6,9H,3-4,7-8,14H2,1-2H3. The Morgan fingerprint density at radius 1 is 1.14 bits per heavy atom. The van der Waals surface area contributed by atoms with Crippen molar-refractivity contribution >= 4 is 0 Å². The summed E-state index contributed by atoms with van der Waals surface area (Å²) in [5.74, 6) is 0. The van der Waals surface area contributed by atoms with E-state index in [2.05, 4.69) is 32.0 Å². The fourth-order valence-electron chi connectivity index (χ4n) is 2.65. The second kappa shape index (κ2) is 3.39. The minimum absolute atomic E-state index is 0.0300. The molecule has 1 saturated carbocycles. The third-order valence-corrected chi connectivity index (χ3v) is 3.41. The maximum atomic E-state index is 6.43. The zero-order valence-electron chi connectivity index (χ0n) is 9.14. The first-order chi connectivity index (χ1) is 6.62. The Bertz CT molecular complexity index is 335. The van der Waals surface area contributed by atoms with Crippen molar-refractivity contribution in [3.05, 3.63) is 34.9 Å². The maximum Gasteiger partial charge on any atom is 0.0412 e. The molecule has 0 amide bonds. The molecule has 0 spiro atoms. The molecule has 0 bridgehead atoms. The van der Waals surface area contributed by atoms with Gasteiger partial charge in [-0.15, -0.1) is 0 Å². The molecule has 1 aliphatic rings. The molecule has 1 fully saturated rings. The van der Waals surface area contributed by atoms with Crippen molar-refractivity contribution in [3.8, 4) is 0 Å². The third kappa shape index (κ3) is 1.57. The number of hydrogen-bond acceptors (Lipinski definition) is 1. The maximum absolute atomic E-state index is 6.43. The van der Waals surface area contributed by atoms with Crippen molar-refractivity contribution in [1.29, 1.82) is 0 Å². The Morgan fingerprint density at radius 2 is 1.79 bits per heavy atom. The Hall–Kier alpha value is -0.820. The largest absolute Gasteiger partial charge is 0.321 e. The highest BCUT2D eigenvalue weighted by atomic mass is 14.8. The van der Waals surface area contributed by atoms with Gasteiger partial charge in [-0.1, -0.05) is 36.6 Å². The normalized spacial score (nSPS) is 19.9. The second-order valence-electron chi connectivity index (χ2n) is 4.68. The summed E-state index contributed by atoms with van der Waals surface area (Å²) in [7, 11) is 0. The van der Waals surface area contributed by atoms with Crippen LogP contribution in [0.2, 0.25) is 0 Å². The molecule has 1 aliphatic carbocycles. The lowest BCUT2D eigenvalue weighted by Gasteiger charge is -2.26. The molecule has 1 heteroatoms. The smallest absolute Gasteiger partial charge is 0.0412 e. The minimum atomic E-state index is -0.0300. The van der Waals surface area contributed by atoms with E-state index < -0.39 is 0 Å². The van der Waals surface area contributed by atoms with Crippen LogP contribution < -0.4 is 5.73 Å². The predicted molar refractivity (Wildman–Crippen MR) is 60.2 cm³/mol. The van der Waals surface area contributed by atoms with Gasteiger partial charge in [0.15, 0.2) is 0 Å².